The molecule has 0 aromatic heterocycles. The molecule has 0 saturated heterocycles. The number of hydrogen-bond acceptors (Lipinski definition) is 1. The average Bonchev–Trinajstić information content (AvgIpc) is 1.56. The summed E-state index contributed by atoms with van der Waals surface area (Å²) in [4.78, 5) is 9.66. The van der Waals surface area contributed by atoms with Crippen LogP contribution in [-0.4, -0.2) is 17.3 Å². The predicted molar refractivity (Wildman–Crippen MR) is 26.5 cm³/mol. The van der Waals surface area contributed by atoms with Crippen LogP contribution in [-0.2, 0) is 4.79 Å². The van der Waals surface area contributed by atoms with Crippen molar-refractivity contribution in [3.05, 3.63) is 0 Å². The monoisotopic (exact) mass is 196 g/mol. The first kappa shape index (κ1) is 10.6. The van der Waals surface area contributed by atoms with E-state index in [0.717, 1.165) is 0 Å². The van der Waals surface area contributed by atoms with Gasteiger partial charge in [-0.15, -0.1) is 0 Å². The second kappa shape index (κ2) is 2.92. The van der Waals surface area contributed by atoms with Crippen LogP contribution < -0.4 is 0 Å². The van der Waals surface area contributed by atoms with Gasteiger partial charge in [0.1, 0.15) is 6.42 Å². The second-order valence-corrected chi connectivity index (χ2v) is 2.11. The maximum Gasteiger partial charge on any atom is 0.395 e. The van der Waals surface area contributed by atoms with Gasteiger partial charge in [-0.05, 0) is 11.6 Å². The standard InChI is InChI=1S/C4H2ClF5O/c5-2(11)3(6,7)1-4(8,9)10/h1H2. The molecule has 0 unspecified atom stereocenters. The van der Waals surface area contributed by atoms with Crippen LogP contribution in [0.15, 0.2) is 0 Å². The molecule has 0 amide bonds. The molecular weight excluding hydrogens is 194 g/mol. The Morgan fingerprint density at radius 2 is 1.55 bits per heavy atom. The van der Waals surface area contributed by atoms with Crippen LogP contribution in [0.5, 0.6) is 0 Å². The molecule has 0 N–H and O–H groups in total. The minimum atomic E-state index is -5.09. The molecule has 0 fully saturated rings. The zero-order valence-corrected chi connectivity index (χ0v) is 5.64. The first-order chi connectivity index (χ1) is 4.65. The van der Waals surface area contributed by atoms with Crippen molar-refractivity contribution in [3.8, 4) is 0 Å². The number of halogens is 6. The molecule has 0 aromatic rings. The van der Waals surface area contributed by atoms with Crippen LogP contribution in [0, 0.1) is 0 Å². The van der Waals surface area contributed by atoms with E-state index in [9.17, 15) is 26.7 Å². The first-order valence-electron chi connectivity index (χ1n) is 2.30. The van der Waals surface area contributed by atoms with E-state index in [1.165, 1.54) is 0 Å². The maximum absolute atomic E-state index is 11.8. The summed E-state index contributed by atoms with van der Waals surface area (Å²) in [6.07, 6.45) is -7.60. The molecule has 66 valence electrons. The van der Waals surface area contributed by atoms with Crippen LogP contribution in [0.4, 0.5) is 22.0 Å². The highest BCUT2D eigenvalue weighted by molar-refractivity contribution is 6.65. The molecule has 0 aliphatic carbocycles. The number of carbonyl (C=O) groups is 1. The molecule has 0 spiro atoms. The topological polar surface area (TPSA) is 17.1 Å². The van der Waals surface area contributed by atoms with Gasteiger partial charge in [0.25, 0.3) is 5.24 Å². The van der Waals surface area contributed by atoms with E-state index < -0.39 is 23.8 Å². The quantitative estimate of drug-likeness (QED) is 0.489. The van der Waals surface area contributed by atoms with Crippen LogP contribution >= 0.6 is 11.6 Å². The van der Waals surface area contributed by atoms with E-state index >= 15 is 0 Å². The molecule has 11 heavy (non-hydrogen) atoms. The van der Waals surface area contributed by atoms with E-state index in [4.69, 9.17) is 0 Å². The molecule has 0 bridgehead atoms. The number of rotatable bonds is 2. The van der Waals surface area contributed by atoms with Crippen LogP contribution in [0.2, 0.25) is 0 Å². The third-order valence-electron chi connectivity index (χ3n) is 0.710. The Labute approximate surface area is 63.1 Å². The molecule has 0 aromatic carbocycles. The summed E-state index contributed by atoms with van der Waals surface area (Å²) in [5.41, 5.74) is 0. The molecule has 0 rings (SSSR count). The zero-order chi connectivity index (χ0) is 9.28. The van der Waals surface area contributed by atoms with Gasteiger partial charge in [-0.3, -0.25) is 4.79 Å². The van der Waals surface area contributed by atoms with Crippen molar-refractivity contribution in [2.45, 2.75) is 18.5 Å². The number of carbonyl (C=O) groups excluding carboxylic acids is 1. The first-order valence-corrected chi connectivity index (χ1v) is 2.67. The summed E-state index contributed by atoms with van der Waals surface area (Å²) >= 11 is 4.19. The van der Waals surface area contributed by atoms with Crippen molar-refractivity contribution < 1.29 is 26.7 Å². The lowest BCUT2D eigenvalue weighted by Crippen LogP contribution is -2.31. The lowest BCUT2D eigenvalue weighted by Gasteiger charge is -2.12. The average molecular weight is 197 g/mol. The summed E-state index contributed by atoms with van der Waals surface area (Å²) in [6.45, 7) is 0. The molecule has 0 heterocycles. The minimum Gasteiger partial charge on any atom is -0.274 e. The van der Waals surface area contributed by atoms with Gasteiger partial charge in [-0.2, -0.15) is 22.0 Å². The van der Waals surface area contributed by atoms with Crippen molar-refractivity contribution in [1.82, 2.24) is 0 Å². The van der Waals surface area contributed by atoms with Crippen LogP contribution in [0.1, 0.15) is 6.42 Å². The van der Waals surface area contributed by atoms with Crippen molar-refractivity contribution in [2.75, 3.05) is 0 Å². The third kappa shape index (κ3) is 4.13. The maximum atomic E-state index is 11.8. The summed E-state index contributed by atoms with van der Waals surface area (Å²) in [5.74, 6) is -4.51. The molecular formula is C4H2ClF5O. The van der Waals surface area contributed by atoms with Gasteiger partial charge in [-0.25, -0.2) is 0 Å². The Morgan fingerprint density at radius 3 is 1.64 bits per heavy atom. The Kier molecular flexibility index (Phi) is 2.82. The zero-order valence-electron chi connectivity index (χ0n) is 4.88. The van der Waals surface area contributed by atoms with Crippen LogP contribution in [0.25, 0.3) is 0 Å². The number of alkyl halides is 5. The SMILES string of the molecule is O=C(Cl)C(F)(F)CC(F)(F)F. The second-order valence-electron chi connectivity index (χ2n) is 1.77. The third-order valence-corrected chi connectivity index (χ3v) is 0.987. The van der Waals surface area contributed by atoms with E-state index in [-0.39, 0.29) is 0 Å². The molecule has 0 aliphatic rings. The number of hydrogen-bond donors (Lipinski definition) is 0. The summed E-state index contributed by atoms with van der Waals surface area (Å²) < 4.78 is 57.3. The fourth-order valence-corrected chi connectivity index (χ4v) is 0.388. The van der Waals surface area contributed by atoms with Gasteiger partial charge in [-0.1, -0.05) is 0 Å². The molecule has 0 aliphatic heterocycles. The van der Waals surface area contributed by atoms with E-state index in [1.807, 2.05) is 0 Å². The Balaban J connectivity index is 4.25. The molecule has 0 radical (unpaired) electrons. The van der Waals surface area contributed by atoms with E-state index in [2.05, 4.69) is 11.6 Å². The molecule has 7 heteroatoms. The lowest BCUT2D eigenvalue weighted by atomic mass is 10.2. The summed E-state index contributed by atoms with van der Waals surface area (Å²) in [7, 11) is 0. The van der Waals surface area contributed by atoms with Gasteiger partial charge >= 0.3 is 12.1 Å². The highest BCUT2D eigenvalue weighted by Gasteiger charge is 2.48. The van der Waals surface area contributed by atoms with Gasteiger partial charge in [0.15, 0.2) is 0 Å². The van der Waals surface area contributed by atoms with Crippen molar-refractivity contribution in [3.63, 3.8) is 0 Å². The normalized spacial score (nSPS) is 13.3. The minimum absolute atomic E-state index is 2.30. The fraction of sp³-hybridized carbons (Fsp3) is 0.750. The van der Waals surface area contributed by atoms with Gasteiger partial charge in [0, 0.05) is 0 Å². The highest BCUT2D eigenvalue weighted by atomic mass is 35.5. The van der Waals surface area contributed by atoms with E-state index in [1.54, 1.807) is 0 Å². The van der Waals surface area contributed by atoms with E-state index in [0.29, 0.717) is 0 Å². The van der Waals surface area contributed by atoms with Crippen molar-refractivity contribution >= 4 is 16.8 Å². The largest absolute Gasteiger partial charge is 0.395 e. The highest BCUT2D eigenvalue weighted by Crippen LogP contribution is 2.32. The van der Waals surface area contributed by atoms with Gasteiger partial charge < -0.3 is 0 Å². The predicted octanol–water partition coefficient (Wildman–Crippen LogP) is 2.34. The molecule has 1 nitrogen and oxygen atoms in total. The fourth-order valence-electron chi connectivity index (χ4n) is 0.321. The van der Waals surface area contributed by atoms with Crippen molar-refractivity contribution in [1.29, 1.82) is 0 Å². The lowest BCUT2D eigenvalue weighted by molar-refractivity contribution is -0.188. The summed E-state index contributed by atoms with van der Waals surface area (Å²) in [5, 5.41) is -2.30. The van der Waals surface area contributed by atoms with Gasteiger partial charge in [0.2, 0.25) is 0 Å². The Bertz CT molecular complexity index is 162. The Morgan fingerprint density at radius 1 is 1.18 bits per heavy atom. The Hall–Kier alpha value is -0.390. The van der Waals surface area contributed by atoms with Gasteiger partial charge in [0.05, 0.1) is 0 Å². The molecule has 0 saturated carbocycles. The smallest absolute Gasteiger partial charge is 0.274 e. The van der Waals surface area contributed by atoms with Crippen LogP contribution in [0.3, 0.4) is 0 Å². The summed E-state index contributed by atoms with van der Waals surface area (Å²) in [6, 6.07) is 0. The van der Waals surface area contributed by atoms with Crippen molar-refractivity contribution in [2.24, 2.45) is 0 Å². The molecule has 0 atom stereocenters.